The molecule has 0 aliphatic carbocycles. The highest BCUT2D eigenvalue weighted by atomic mass is 35.5. The maximum atomic E-state index is 13.9. The molecule has 1 aromatic heterocycles. The number of carbonyl (C=O) groups is 1. The second kappa shape index (κ2) is 5.92. The van der Waals surface area contributed by atoms with Gasteiger partial charge in [0.15, 0.2) is 5.78 Å². The third-order valence-electron chi connectivity index (χ3n) is 2.72. The fraction of sp³-hybridized carbons (Fsp3) is 0.0769. The summed E-state index contributed by atoms with van der Waals surface area (Å²) in [5, 5.41) is 10.8. The van der Waals surface area contributed by atoms with Crippen LogP contribution in [0.1, 0.15) is 15.9 Å². The van der Waals surface area contributed by atoms with E-state index in [9.17, 15) is 23.7 Å². The van der Waals surface area contributed by atoms with Crippen LogP contribution in [0.15, 0.2) is 30.6 Å². The van der Waals surface area contributed by atoms with Crippen LogP contribution in [0.4, 0.5) is 14.5 Å². The van der Waals surface area contributed by atoms with Crippen LogP contribution in [0.5, 0.6) is 0 Å². The molecule has 0 saturated heterocycles. The van der Waals surface area contributed by atoms with Gasteiger partial charge in [-0.3, -0.25) is 19.9 Å². The molecule has 8 heteroatoms. The van der Waals surface area contributed by atoms with Gasteiger partial charge >= 0.3 is 5.69 Å². The molecule has 0 radical (unpaired) electrons. The first-order valence-corrected chi connectivity index (χ1v) is 6.03. The van der Waals surface area contributed by atoms with Crippen LogP contribution in [-0.4, -0.2) is 15.7 Å². The molecule has 0 unspecified atom stereocenters. The van der Waals surface area contributed by atoms with E-state index in [0.29, 0.717) is 17.7 Å². The first-order valence-electron chi connectivity index (χ1n) is 5.65. The van der Waals surface area contributed by atoms with Crippen molar-refractivity contribution in [3.8, 4) is 0 Å². The molecule has 0 aliphatic rings. The third kappa shape index (κ3) is 3.19. The second-order valence-electron chi connectivity index (χ2n) is 4.11. The van der Waals surface area contributed by atoms with Crippen molar-refractivity contribution in [1.29, 1.82) is 0 Å². The molecule has 0 saturated carbocycles. The van der Waals surface area contributed by atoms with E-state index in [1.54, 1.807) is 0 Å². The molecule has 1 heterocycles. The highest BCUT2D eigenvalue weighted by Crippen LogP contribution is 2.24. The summed E-state index contributed by atoms with van der Waals surface area (Å²) >= 11 is 5.82. The van der Waals surface area contributed by atoms with Gasteiger partial charge in [0.25, 0.3) is 0 Å². The Labute approximate surface area is 122 Å². The fourth-order valence-electron chi connectivity index (χ4n) is 1.73. The molecule has 0 fully saturated rings. The number of rotatable bonds is 4. The van der Waals surface area contributed by atoms with Crippen molar-refractivity contribution < 1.29 is 18.5 Å². The molecule has 0 aliphatic heterocycles. The first-order chi connectivity index (χ1) is 9.90. The molecule has 0 amide bonds. The number of hydrogen-bond acceptors (Lipinski definition) is 4. The van der Waals surface area contributed by atoms with E-state index >= 15 is 0 Å². The first kappa shape index (κ1) is 15.0. The van der Waals surface area contributed by atoms with Crippen LogP contribution < -0.4 is 0 Å². The quantitative estimate of drug-likeness (QED) is 0.493. The Balaban J connectivity index is 2.40. The van der Waals surface area contributed by atoms with Crippen molar-refractivity contribution in [2.75, 3.05) is 0 Å². The van der Waals surface area contributed by atoms with Crippen molar-refractivity contribution in [3.05, 3.63) is 68.5 Å². The number of carbonyl (C=O) groups excluding carboxylic acids is 1. The Morgan fingerprint density at radius 3 is 2.71 bits per heavy atom. The van der Waals surface area contributed by atoms with E-state index in [2.05, 4.69) is 4.98 Å². The monoisotopic (exact) mass is 312 g/mol. The van der Waals surface area contributed by atoms with Crippen LogP contribution in [0.25, 0.3) is 0 Å². The Morgan fingerprint density at radius 1 is 1.38 bits per heavy atom. The van der Waals surface area contributed by atoms with Crippen molar-refractivity contribution in [3.63, 3.8) is 0 Å². The number of halogens is 3. The molecule has 5 nitrogen and oxygen atoms in total. The SMILES string of the molecule is O=C(Cc1ccncc1Cl)c1cc(F)cc([N+](=O)[O-])c1F. The van der Waals surface area contributed by atoms with Crippen LogP contribution >= 0.6 is 11.6 Å². The number of benzene rings is 1. The third-order valence-corrected chi connectivity index (χ3v) is 3.06. The van der Waals surface area contributed by atoms with E-state index in [0.717, 1.165) is 0 Å². The standard InChI is InChI=1S/C13H7ClF2N2O3/c14-10-6-17-2-1-7(10)3-12(19)9-4-8(15)5-11(13(9)16)18(20)21/h1-2,4-6H,3H2. The molecular formula is C13H7ClF2N2O3. The minimum absolute atomic E-state index is 0.192. The fourth-order valence-corrected chi connectivity index (χ4v) is 1.91. The van der Waals surface area contributed by atoms with E-state index in [4.69, 9.17) is 11.6 Å². The summed E-state index contributed by atoms with van der Waals surface area (Å²) in [5.74, 6) is -3.24. The van der Waals surface area contributed by atoms with Gasteiger partial charge in [0.2, 0.25) is 5.82 Å². The van der Waals surface area contributed by atoms with Crippen molar-refractivity contribution >= 4 is 23.1 Å². The van der Waals surface area contributed by atoms with Crippen LogP contribution in [0, 0.1) is 21.7 Å². The lowest BCUT2D eigenvalue weighted by Gasteiger charge is -2.05. The van der Waals surface area contributed by atoms with Crippen molar-refractivity contribution in [2.45, 2.75) is 6.42 Å². The van der Waals surface area contributed by atoms with Gasteiger partial charge in [-0.2, -0.15) is 4.39 Å². The zero-order valence-corrected chi connectivity index (χ0v) is 11.1. The molecule has 0 bridgehead atoms. The number of nitrogens with zero attached hydrogens (tertiary/aromatic N) is 2. The summed E-state index contributed by atoms with van der Waals surface area (Å²) in [6, 6.07) is 2.50. The maximum absolute atomic E-state index is 13.9. The number of nitro groups is 1. The summed E-state index contributed by atoms with van der Waals surface area (Å²) < 4.78 is 27.2. The lowest BCUT2D eigenvalue weighted by Crippen LogP contribution is -2.09. The largest absolute Gasteiger partial charge is 0.308 e. The molecule has 0 spiro atoms. The van der Waals surface area contributed by atoms with Gasteiger partial charge < -0.3 is 0 Å². The van der Waals surface area contributed by atoms with Gasteiger partial charge in [-0.25, -0.2) is 4.39 Å². The lowest BCUT2D eigenvalue weighted by atomic mass is 10.0. The second-order valence-corrected chi connectivity index (χ2v) is 4.52. The molecule has 0 N–H and O–H groups in total. The predicted octanol–water partition coefficient (Wildman–Crippen LogP) is 3.35. The van der Waals surface area contributed by atoms with E-state index in [1.165, 1.54) is 18.5 Å². The minimum atomic E-state index is -1.36. The lowest BCUT2D eigenvalue weighted by molar-refractivity contribution is -0.387. The smallest absolute Gasteiger partial charge is 0.294 e. The van der Waals surface area contributed by atoms with Gasteiger partial charge in [0, 0.05) is 18.8 Å². The Bertz CT molecular complexity index is 737. The van der Waals surface area contributed by atoms with Crippen LogP contribution in [-0.2, 0) is 6.42 Å². The molecular weight excluding hydrogens is 306 g/mol. The Hall–Kier alpha value is -2.41. The molecule has 108 valence electrons. The summed E-state index contributed by atoms with van der Waals surface area (Å²) in [4.78, 5) is 25.3. The maximum Gasteiger partial charge on any atom is 0.308 e. The predicted molar refractivity (Wildman–Crippen MR) is 70.3 cm³/mol. The topological polar surface area (TPSA) is 73.1 Å². The van der Waals surface area contributed by atoms with E-state index in [-0.39, 0.29) is 11.4 Å². The molecule has 0 atom stereocenters. The van der Waals surface area contributed by atoms with E-state index < -0.39 is 33.6 Å². The van der Waals surface area contributed by atoms with Crippen molar-refractivity contribution in [2.24, 2.45) is 0 Å². The van der Waals surface area contributed by atoms with Crippen LogP contribution in [0.3, 0.4) is 0 Å². The Morgan fingerprint density at radius 2 is 2.10 bits per heavy atom. The molecule has 2 rings (SSSR count). The average Bonchev–Trinajstić information content (AvgIpc) is 2.43. The number of hydrogen-bond donors (Lipinski definition) is 0. The van der Waals surface area contributed by atoms with Gasteiger partial charge in [0.05, 0.1) is 21.6 Å². The van der Waals surface area contributed by atoms with Gasteiger partial charge in [-0.1, -0.05) is 11.6 Å². The normalized spacial score (nSPS) is 10.4. The number of ketones is 1. The summed E-state index contributed by atoms with van der Waals surface area (Å²) in [6.07, 6.45) is 2.37. The summed E-state index contributed by atoms with van der Waals surface area (Å²) in [5.41, 5.74) is -1.41. The number of Topliss-reactive ketones (excluding diaryl/α,β-unsaturated/α-hetero) is 1. The molecule has 2 aromatic rings. The van der Waals surface area contributed by atoms with Gasteiger partial charge in [-0.05, 0) is 17.7 Å². The zero-order chi connectivity index (χ0) is 15.6. The number of aromatic nitrogens is 1. The highest BCUT2D eigenvalue weighted by Gasteiger charge is 2.24. The van der Waals surface area contributed by atoms with Crippen molar-refractivity contribution in [1.82, 2.24) is 4.98 Å². The van der Waals surface area contributed by atoms with E-state index in [1.807, 2.05) is 0 Å². The minimum Gasteiger partial charge on any atom is -0.294 e. The number of pyridine rings is 1. The summed E-state index contributed by atoms with van der Waals surface area (Å²) in [6.45, 7) is 0. The molecule has 21 heavy (non-hydrogen) atoms. The number of nitro benzene ring substituents is 1. The zero-order valence-electron chi connectivity index (χ0n) is 10.3. The molecule has 1 aromatic carbocycles. The Kier molecular flexibility index (Phi) is 4.23. The average molecular weight is 313 g/mol. The van der Waals surface area contributed by atoms with Crippen LogP contribution in [0.2, 0.25) is 5.02 Å². The highest BCUT2D eigenvalue weighted by molar-refractivity contribution is 6.31. The van der Waals surface area contributed by atoms with Gasteiger partial charge in [0.1, 0.15) is 5.82 Å². The van der Waals surface area contributed by atoms with Gasteiger partial charge in [-0.15, -0.1) is 0 Å². The summed E-state index contributed by atoms with van der Waals surface area (Å²) in [7, 11) is 0.